The van der Waals surface area contributed by atoms with Gasteiger partial charge in [-0.25, -0.2) is 15.8 Å². The number of anilines is 1. The summed E-state index contributed by atoms with van der Waals surface area (Å²) in [5.41, 5.74) is 3.55. The zero-order chi connectivity index (χ0) is 12.1. The number of aliphatic hydroxyl groups is 1. The molecule has 0 bridgehead atoms. The number of aliphatic hydroxyl groups excluding tert-OH is 1. The Morgan fingerprint density at radius 3 is 2.69 bits per heavy atom. The maximum atomic E-state index is 9.47. The number of rotatable bonds is 5. The molecule has 0 fully saturated rings. The molecule has 0 saturated heterocycles. The van der Waals surface area contributed by atoms with Crippen LogP contribution in [-0.4, -0.2) is 26.4 Å². The maximum absolute atomic E-state index is 9.47. The third-order valence-corrected chi connectivity index (χ3v) is 3.71. The summed E-state index contributed by atoms with van der Waals surface area (Å²) in [6.45, 7) is 5.76. The molecule has 0 aliphatic rings. The highest BCUT2D eigenvalue weighted by Gasteiger charge is 2.15. The summed E-state index contributed by atoms with van der Waals surface area (Å²) >= 11 is 1.54. The molecule has 1 aromatic rings. The van der Waals surface area contributed by atoms with Gasteiger partial charge in [0.25, 0.3) is 0 Å². The minimum Gasteiger partial charge on any atom is -0.392 e. The molecule has 0 saturated carbocycles. The van der Waals surface area contributed by atoms with Crippen LogP contribution in [0.5, 0.6) is 0 Å². The summed E-state index contributed by atoms with van der Waals surface area (Å²) < 4.78 is 0. The first-order chi connectivity index (χ1) is 7.60. The van der Waals surface area contributed by atoms with Gasteiger partial charge in [0.15, 0.2) is 0 Å². The van der Waals surface area contributed by atoms with Gasteiger partial charge in [0.2, 0.25) is 0 Å². The summed E-state index contributed by atoms with van der Waals surface area (Å²) in [5, 5.41) is 10.4. The molecule has 2 atom stereocenters. The van der Waals surface area contributed by atoms with Crippen LogP contribution in [0.1, 0.15) is 26.3 Å². The molecule has 0 radical (unpaired) electrons. The lowest BCUT2D eigenvalue weighted by molar-refractivity contribution is 0.196. The molecule has 5 nitrogen and oxygen atoms in total. The molecule has 4 N–H and O–H groups in total. The fraction of sp³-hybridized carbons (Fsp3) is 0.600. The van der Waals surface area contributed by atoms with Gasteiger partial charge in [-0.05, 0) is 13.3 Å². The van der Waals surface area contributed by atoms with Crippen molar-refractivity contribution in [1.82, 2.24) is 9.97 Å². The maximum Gasteiger partial charge on any atom is 0.147 e. The predicted molar refractivity (Wildman–Crippen MR) is 66.2 cm³/mol. The van der Waals surface area contributed by atoms with Crippen molar-refractivity contribution in [2.45, 2.75) is 43.6 Å². The van der Waals surface area contributed by atoms with Gasteiger partial charge in [-0.15, -0.1) is 11.8 Å². The average Bonchev–Trinajstić information content (AvgIpc) is 2.28. The van der Waals surface area contributed by atoms with E-state index in [2.05, 4.69) is 15.4 Å². The van der Waals surface area contributed by atoms with Gasteiger partial charge in [0.05, 0.1) is 6.10 Å². The van der Waals surface area contributed by atoms with Crippen molar-refractivity contribution in [3.8, 4) is 0 Å². The highest BCUT2D eigenvalue weighted by Crippen LogP contribution is 2.29. The third kappa shape index (κ3) is 3.07. The number of nitrogens with two attached hydrogens (primary N) is 1. The molecule has 90 valence electrons. The van der Waals surface area contributed by atoms with Crippen LogP contribution >= 0.6 is 11.8 Å². The van der Waals surface area contributed by atoms with Gasteiger partial charge in [-0.2, -0.15) is 0 Å². The lowest BCUT2D eigenvalue weighted by Gasteiger charge is -2.16. The number of nitrogens with one attached hydrogen (secondary N) is 1. The van der Waals surface area contributed by atoms with Crippen LogP contribution in [0.2, 0.25) is 0 Å². The van der Waals surface area contributed by atoms with E-state index in [-0.39, 0.29) is 11.4 Å². The van der Waals surface area contributed by atoms with Gasteiger partial charge >= 0.3 is 0 Å². The quantitative estimate of drug-likeness (QED) is 0.311. The van der Waals surface area contributed by atoms with E-state index in [1.807, 2.05) is 13.8 Å². The minimum absolute atomic E-state index is 0.0887. The highest BCUT2D eigenvalue weighted by molar-refractivity contribution is 7.99. The van der Waals surface area contributed by atoms with E-state index in [1.54, 1.807) is 6.92 Å². The number of hydrazine groups is 1. The van der Waals surface area contributed by atoms with E-state index in [9.17, 15) is 5.11 Å². The summed E-state index contributed by atoms with van der Waals surface area (Å²) in [5.74, 6) is 6.04. The number of thioether (sulfide) groups is 1. The van der Waals surface area contributed by atoms with Crippen molar-refractivity contribution in [2.75, 3.05) is 5.43 Å². The van der Waals surface area contributed by atoms with Gasteiger partial charge in [0.1, 0.15) is 17.2 Å². The summed E-state index contributed by atoms with van der Waals surface area (Å²) in [7, 11) is 0. The lowest BCUT2D eigenvalue weighted by Crippen LogP contribution is -2.17. The molecule has 1 heterocycles. The van der Waals surface area contributed by atoms with Crippen LogP contribution in [0.4, 0.5) is 5.82 Å². The van der Waals surface area contributed by atoms with E-state index >= 15 is 0 Å². The SMILES string of the molecule is CCc1c(NN)ncnc1SC(C)C(C)O. The molecule has 1 aromatic heterocycles. The first-order valence-electron chi connectivity index (χ1n) is 5.25. The second-order valence-electron chi connectivity index (χ2n) is 3.57. The molecule has 0 amide bonds. The van der Waals surface area contributed by atoms with E-state index in [0.29, 0.717) is 5.82 Å². The van der Waals surface area contributed by atoms with Crippen molar-refractivity contribution in [3.63, 3.8) is 0 Å². The van der Waals surface area contributed by atoms with E-state index in [0.717, 1.165) is 17.0 Å². The molecular formula is C10H18N4OS. The lowest BCUT2D eigenvalue weighted by atomic mass is 10.2. The standard InChI is InChI=1S/C10H18N4OS/c1-4-8-9(14-11)12-5-13-10(8)16-7(3)6(2)15/h5-7,15H,4,11H2,1-3H3,(H,12,13,14). The van der Waals surface area contributed by atoms with Gasteiger partial charge in [-0.1, -0.05) is 13.8 Å². The molecule has 0 aliphatic heterocycles. The molecule has 6 heteroatoms. The minimum atomic E-state index is -0.376. The van der Waals surface area contributed by atoms with Crippen molar-refractivity contribution < 1.29 is 5.11 Å². The first kappa shape index (κ1) is 13.2. The fourth-order valence-corrected chi connectivity index (χ4v) is 2.26. The Hall–Kier alpha value is -0.850. The van der Waals surface area contributed by atoms with E-state index in [4.69, 9.17) is 5.84 Å². The molecular weight excluding hydrogens is 224 g/mol. The van der Waals surface area contributed by atoms with Crippen molar-refractivity contribution >= 4 is 17.6 Å². The number of hydrogen-bond acceptors (Lipinski definition) is 6. The molecule has 2 unspecified atom stereocenters. The average molecular weight is 242 g/mol. The van der Waals surface area contributed by atoms with Gasteiger partial charge in [0, 0.05) is 10.8 Å². The summed E-state index contributed by atoms with van der Waals surface area (Å²) in [6, 6.07) is 0. The van der Waals surface area contributed by atoms with Crippen LogP contribution in [0.15, 0.2) is 11.4 Å². The first-order valence-corrected chi connectivity index (χ1v) is 6.13. The van der Waals surface area contributed by atoms with Crippen LogP contribution in [0.3, 0.4) is 0 Å². The Labute approximate surface area is 99.8 Å². The molecule has 16 heavy (non-hydrogen) atoms. The van der Waals surface area contributed by atoms with Crippen LogP contribution in [0, 0.1) is 0 Å². The zero-order valence-corrected chi connectivity index (χ0v) is 10.6. The predicted octanol–water partition coefficient (Wildman–Crippen LogP) is 1.19. The second-order valence-corrected chi connectivity index (χ2v) is 4.93. The largest absolute Gasteiger partial charge is 0.392 e. The Bertz CT molecular complexity index is 346. The number of nitrogens with zero attached hydrogens (tertiary/aromatic N) is 2. The molecule has 0 spiro atoms. The van der Waals surface area contributed by atoms with Gasteiger partial charge in [-0.3, -0.25) is 0 Å². The van der Waals surface area contributed by atoms with Gasteiger partial charge < -0.3 is 10.5 Å². The molecule has 0 aliphatic carbocycles. The normalized spacial score (nSPS) is 14.6. The summed E-state index contributed by atoms with van der Waals surface area (Å²) in [4.78, 5) is 8.28. The Morgan fingerprint density at radius 1 is 1.50 bits per heavy atom. The Kier molecular flexibility index (Phi) is 4.98. The third-order valence-electron chi connectivity index (χ3n) is 2.37. The van der Waals surface area contributed by atoms with Crippen molar-refractivity contribution in [3.05, 3.63) is 11.9 Å². The second kappa shape index (κ2) is 6.03. The number of nitrogen functional groups attached to an aromatic ring is 1. The van der Waals surface area contributed by atoms with Crippen molar-refractivity contribution in [2.24, 2.45) is 5.84 Å². The topological polar surface area (TPSA) is 84.1 Å². The van der Waals surface area contributed by atoms with Crippen LogP contribution in [-0.2, 0) is 6.42 Å². The monoisotopic (exact) mass is 242 g/mol. The number of hydrogen-bond donors (Lipinski definition) is 3. The Balaban J connectivity index is 2.95. The fourth-order valence-electron chi connectivity index (χ4n) is 1.22. The van der Waals surface area contributed by atoms with E-state index in [1.165, 1.54) is 18.1 Å². The molecule has 0 aromatic carbocycles. The zero-order valence-electron chi connectivity index (χ0n) is 9.77. The number of aromatic nitrogens is 2. The van der Waals surface area contributed by atoms with E-state index < -0.39 is 0 Å². The Morgan fingerprint density at radius 2 is 2.19 bits per heavy atom. The summed E-state index contributed by atoms with van der Waals surface area (Å²) in [6.07, 6.45) is 1.90. The highest BCUT2D eigenvalue weighted by atomic mass is 32.2. The smallest absolute Gasteiger partial charge is 0.147 e. The molecule has 1 rings (SSSR count). The van der Waals surface area contributed by atoms with Crippen LogP contribution < -0.4 is 11.3 Å². The van der Waals surface area contributed by atoms with Crippen LogP contribution in [0.25, 0.3) is 0 Å². The van der Waals surface area contributed by atoms with Crippen molar-refractivity contribution in [1.29, 1.82) is 0 Å².